The van der Waals surface area contributed by atoms with Crippen LogP contribution in [0.4, 0.5) is 5.82 Å². The fourth-order valence-electron chi connectivity index (χ4n) is 1.91. The van der Waals surface area contributed by atoms with Gasteiger partial charge in [0.2, 0.25) is 5.88 Å². The number of nitrogens with zero attached hydrogens (tertiary/aromatic N) is 2. The Hall–Kier alpha value is -1.81. The summed E-state index contributed by atoms with van der Waals surface area (Å²) in [7, 11) is 0. The van der Waals surface area contributed by atoms with Crippen LogP contribution in [0.25, 0.3) is 0 Å². The summed E-state index contributed by atoms with van der Waals surface area (Å²) < 4.78 is 5.87. The van der Waals surface area contributed by atoms with Crippen LogP contribution in [-0.4, -0.2) is 16.5 Å². The Balaban J connectivity index is 2.22. The highest BCUT2D eigenvalue weighted by Crippen LogP contribution is 2.30. The molecule has 1 heterocycles. The normalized spacial score (nSPS) is 10.4. The summed E-state index contributed by atoms with van der Waals surface area (Å²) >= 11 is 6.02. The number of hydrogen-bond donors (Lipinski definition) is 1. The lowest BCUT2D eigenvalue weighted by Gasteiger charge is -2.12. The molecule has 1 aromatic heterocycles. The first-order chi connectivity index (χ1) is 9.60. The van der Waals surface area contributed by atoms with Gasteiger partial charge >= 0.3 is 0 Å². The first-order valence-corrected chi connectivity index (χ1v) is 6.98. The number of nitrogens with one attached hydrogen (secondary N) is 1. The van der Waals surface area contributed by atoms with Crippen LogP contribution >= 0.6 is 11.6 Å². The van der Waals surface area contributed by atoms with Crippen molar-refractivity contribution in [2.75, 3.05) is 11.9 Å². The van der Waals surface area contributed by atoms with Gasteiger partial charge in [0.15, 0.2) is 0 Å². The number of rotatable bonds is 5. The lowest BCUT2D eigenvalue weighted by molar-refractivity contribution is 0.455. The minimum absolute atomic E-state index is 0.520. The van der Waals surface area contributed by atoms with Crippen LogP contribution in [0.1, 0.15) is 24.5 Å². The van der Waals surface area contributed by atoms with Gasteiger partial charge in [-0.3, -0.25) is 0 Å². The van der Waals surface area contributed by atoms with Gasteiger partial charge in [-0.25, -0.2) is 9.97 Å². The van der Waals surface area contributed by atoms with Crippen LogP contribution < -0.4 is 10.1 Å². The van der Waals surface area contributed by atoms with E-state index in [1.807, 2.05) is 26.0 Å². The molecule has 2 aromatic rings. The summed E-state index contributed by atoms with van der Waals surface area (Å²) in [5.74, 6) is 2.07. The van der Waals surface area contributed by atoms with Crippen LogP contribution in [0.2, 0.25) is 5.02 Å². The number of aromatic nitrogens is 2. The Morgan fingerprint density at radius 2 is 1.85 bits per heavy atom. The van der Waals surface area contributed by atoms with E-state index in [0.29, 0.717) is 10.9 Å². The van der Waals surface area contributed by atoms with Crippen molar-refractivity contribution >= 4 is 17.4 Å². The molecule has 5 heteroatoms. The van der Waals surface area contributed by atoms with Crippen molar-refractivity contribution in [1.82, 2.24) is 9.97 Å². The van der Waals surface area contributed by atoms with Crippen molar-refractivity contribution in [3.63, 3.8) is 0 Å². The Kier molecular flexibility index (Phi) is 4.79. The van der Waals surface area contributed by atoms with Gasteiger partial charge < -0.3 is 10.1 Å². The average molecular weight is 292 g/mol. The molecule has 0 spiro atoms. The molecule has 1 aromatic carbocycles. The highest BCUT2D eigenvalue weighted by atomic mass is 35.5. The Bertz CT molecular complexity index is 578. The molecule has 106 valence electrons. The third kappa shape index (κ3) is 3.61. The SMILES string of the molecule is CCCNc1cc(Oc2c(C)cc(Cl)cc2C)ncn1. The molecular weight excluding hydrogens is 274 g/mol. The highest BCUT2D eigenvalue weighted by molar-refractivity contribution is 6.30. The number of ether oxygens (including phenoxy) is 1. The van der Waals surface area contributed by atoms with E-state index in [0.717, 1.165) is 35.7 Å². The number of aryl methyl sites for hydroxylation is 2. The lowest BCUT2D eigenvalue weighted by Crippen LogP contribution is -2.02. The fourth-order valence-corrected chi connectivity index (χ4v) is 2.24. The molecule has 0 fully saturated rings. The van der Waals surface area contributed by atoms with E-state index in [1.165, 1.54) is 6.33 Å². The van der Waals surface area contributed by atoms with E-state index in [9.17, 15) is 0 Å². The van der Waals surface area contributed by atoms with Gasteiger partial charge in [-0.05, 0) is 43.5 Å². The second-order valence-electron chi connectivity index (χ2n) is 4.64. The molecule has 0 bridgehead atoms. The quantitative estimate of drug-likeness (QED) is 0.889. The number of hydrogen-bond acceptors (Lipinski definition) is 4. The van der Waals surface area contributed by atoms with E-state index in [1.54, 1.807) is 6.07 Å². The van der Waals surface area contributed by atoms with Crippen LogP contribution in [0.15, 0.2) is 24.5 Å². The molecule has 0 aliphatic carbocycles. The van der Waals surface area contributed by atoms with Crippen LogP contribution in [0.3, 0.4) is 0 Å². The zero-order valence-electron chi connectivity index (χ0n) is 11.9. The second kappa shape index (κ2) is 6.57. The molecule has 1 N–H and O–H groups in total. The maximum absolute atomic E-state index is 6.02. The van der Waals surface area contributed by atoms with E-state index in [-0.39, 0.29) is 0 Å². The molecule has 0 aliphatic rings. The fraction of sp³-hybridized carbons (Fsp3) is 0.333. The van der Waals surface area contributed by atoms with Crippen LogP contribution in [0.5, 0.6) is 11.6 Å². The summed E-state index contributed by atoms with van der Waals surface area (Å²) in [5.41, 5.74) is 1.97. The van der Waals surface area contributed by atoms with Crippen molar-refractivity contribution in [1.29, 1.82) is 0 Å². The predicted octanol–water partition coefficient (Wildman–Crippen LogP) is 4.36. The van der Waals surface area contributed by atoms with E-state index >= 15 is 0 Å². The van der Waals surface area contributed by atoms with Crippen LogP contribution in [-0.2, 0) is 0 Å². The standard InChI is InChI=1S/C15H18ClN3O/c1-4-5-17-13-8-14(19-9-18-13)20-15-10(2)6-12(16)7-11(15)3/h6-9H,4-5H2,1-3H3,(H,17,18,19). The minimum atomic E-state index is 0.520. The molecule has 2 rings (SSSR count). The molecule has 4 nitrogen and oxygen atoms in total. The van der Waals surface area contributed by atoms with Gasteiger partial charge in [-0.1, -0.05) is 18.5 Å². The monoisotopic (exact) mass is 291 g/mol. The zero-order chi connectivity index (χ0) is 14.5. The molecule has 0 atom stereocenters. The maximum Gasteiger partial charge on any atom is 0.224 e. The molecule has 0 saturated heterocycles. The molecule has 0 aliphatic heterocycles. The predicted molar refractivity (Wildman–Crippen MR) is 81.8 cm³/mol. The van der Waals surface area contributed by atoms with Crippen molar-refractivity contribution in [3.8, 4) is 11.6 Å². The number of anilines is 1. The molecule has 0 amide bonds. The first-order valence-electron chi connectivity index (χ1n) is 6.60. The smallest absolute Gasteiger partial charge is 0.224 e. The van der Waals surface area contributed by atoms with Crippen molar-refractivity contribution in [2.45, 2.75) is 27.2 Å². The molecule has 20 heavy (non-hydrogen) atoms. The molecular formula is C15H18ClN3O. The van der Waals surface area contributed by atoms with Gasteiger partial charge in [0.1, 0.15) is 17.9 Å². The summed E-state index contributed by atoms with van der Waals surface area (Å²) in [6.07, 6.45) is 2.53. The largest absolute Gasteiger partial charge is 0.438 e. The van der Waals surface area contributed by atoms with Gasteiger partial charge in [0, 0.05) is 17.6 Å². The molecule has 0 saturated carbocycles. The number of halogens is 1. The summed E-state index contributed by atoms with van der Waals surface area (Å²) in [6, 6.07) is 5.55. The minimum Gasteiger partial charge on any atom is -0.438 e. The van der Waals surface area contributed by atoms with Crippen molar-refractivity contribution in [2.24, 2.45) is 0 Å². The van der Waals surface area contributed by atoms with Gasteiger partial charge in [0.25, 0.3) is 0 Å². The summed E-state index contributed by atoms with van der Waals surface area (Å²) in [6.45, 7) is 6.90. The molecule has 0 unspecified atom stereocenters. The van der Waals surface area contributed by atoms with Gasteiger partial charge in [-0.15, -0.1) is 0 Å². The Morgan fingerprint density at radius 3 is 2.50 bits per heavy atom. The average Bonchev–Trinajstić information content (AvgIpc) is 2.41. The maximum atomic E-state index is 6.02. The summed E-state index contributed by atoms with van der Waals surface area (Å²) in [5, 5.41) is 3.92. The second-order valence-corrected chi connectivity index (χ2v) is 5.08. The highest BCUT2D eigenvalue weighted by Gasteiger charge is 2.08. The van der Waals surface area contributed by atoms with Gasteiger partial charge in [0.05, 0.1) is 0 Å². The zero-order valence-corrected chi connectivity index (χ0v) is 12.7. The third-order valence-corrected chi connectivity index (χ3v) is 3.05. The van der Waals surface area contributed by atoms with E-state index in [2.05, 4.69) is 22.2 Å². The van der Waals surface area contributed by atoms with Crippen molar-refractivity contribution < 1.29 is 4.74 Å². The Morgan fingerprint density at radius 1 is 1.15 bits per heavy atom. The third-order valence-electron chi connectivity index (χ3n) is 2.83. The van der Waals surface area contributed by atoms with E-state index in [4.69, 9.17) is 16.3 Å². The topological polar surface area (TPSA) is 47.0 Å². The first kappa shape index (κ1) is 14.6. The van der Waals surface area contributed by atoms with Crippen LogP contribution in [0, 0.1) is 13.8 Å². The lowest BCUT2D eigenvalue weighted by atomic mass is 10.1. The molecule has 0 radical (unpaired) electrons. The number of benzene rings is 1. The van der Waals surface area contributed by atoms with Crippen molar-refractivity contribution in [3.05, 3.63) is 40.7 Å². The van der Waals surface area contributed by atoms with Gasteiger partial charge in [-0.2, -0.15) is 0 Å². The Labute approximate surface area is 124 Å². The summed E-state index contributed by atoms with van der Waals surface area (Å²) in [4.78, 5) is 8.30. The van der Waals surface area contributed by atoms with E-state index < -0.39 is 0 Å².